The zero-order chi connectivity index (χ0) is 27.3. The summed E-state index contributed by atoms with van der Waals surface area (Å²) in [5.74, 6) is 1.48. The van der Waals surface area contributed by atoms with Gasteiger partial charge in [-0.05, 0) is 57.4 Å². The summed E-state index contributed by atoms with van der Waals surface area (Å²) >= 11 is 0. The molecule has 0 atom stereocenters. The molecule has 10 nitrogen and oxygen atoms in total. The number of ether oxygens (including phenoxy) is 3. The Hall–Kier alpha value is -4.34. The first-order chi connectivity index (χ1) is 18.1. The third-order valence-electron chi connectivity index (χ3n) is 5.78. The van der Waals surface area contributed by atoms with E-state index in [9.17, 15) is 9.59 Å². The van der Waals surface area contributed by atoms with Crippen LogP contribution in [0, 0.1) is 0 Å². The molecule has 2 heterocycles. The van der Waals surface area contributed by atoms with Gasteiger partial charge in [0.25, 0.3) is 0 Å². The van der Waals surface area contributed by atoms with Gasteiger partial charge >= 0.3 is 6.09 Å². The van der Waals surface area contributed by atoms with Crippen molar-refractivity contribution in [1.82, 2.24) is 15.3 Å². The molecule has 0 fully saturated rings. The average molecular weight is 520 g/mol. The SMILES string of the molecule is COc1ccc(Nc2ncc3c(n2)-c2ccc(CCCNC(=O)OC(C)(C)C)cc2NC(=O)C3)cc1OC. The van der Waals surface area contributed by atoms with Crippen molar-refractivity contribution in [3.05, 3.63) is 53.7 Å². The molecule has 3 N–H and O–H groups in total. The van der Waals surface area contributed by atoms with Gasteiger partial charge in [-0.1, -0.05) is 12.1 Å². The molecule has 0 spiro atoms. The number of fused-ring (bicyclic) bond motifs is 3. The second-order valence-electron chi connectivity index (χ2n) is 9.90. The lowest BCUT2D eigenvalue weighted by Gasteiger charge is -2.19. The van der Waals surface area contributed by atoms with Gasteiger partial charge in [-0.3, -0.25) is 4.79 Å². The largest absolute Gasteiger partial charge is 0.493 e. The summed E-state index contributed by atoms with van der Waals surface area (Å²) in [4.78, 5) is 33.6. The van der Waals surface area contributed by atoms with E-state index in [0.717, 1.165) is 35.2 Å². The lowest BCUT2D eigenvalue weighted by atomic mass is 10.0. The van der Waals surface area contributed by atoms with Crippen LogP contribution in [0.3, 0.4) is 0 Å². The van der Waals surface area contributed by atoms with Gasteiger partial charge < -0.3 is 30.2 Å². The Bertz CT molecular complexity index is 1340. The van der Waals surface area contributed by atoms with Crippen LogP contribution in [0.5, 0.6) is 11.5 Å². The molecule has 200 valence electrons. The van der Waals surface area contributed by atoms with Crippen molar-refractivity contribution in [3.8, 4) is 22.8 Å². The number of carbonyl (C=O) groups excluding carboxylic acids is 2. The highest BCUT2D eigenvalue weighted by atomic mass is 16.6. The molecule has 2 aromatic carbocycles. The number of alkyl carbamates (subject to hydrolysis) is 1. The molecule has 38 heavy (non-hydrogen) atoms. The summed E-state index contributed by atoms with van der Waals surface area (Å²) in [5, 5.41) is 8.97. The summed E-state index contributed by atoms with van der Waals surface area (Å²) in [7, 11) is 3.16. The van der Waals surface area contributed by atoms with Crippen LogP contribution in [0.2, 0.25) is 0 Å². The molecule has 1 aromatic heterocycles. The molecule has 0 saturated heterocycles. The number of amides is 2. The highest BCUT2D eigenvalue weighted by Crippen LogP contribution is 2.35. The lowest BCUT2D eigenvalue weighted by molar-refractivity contribution is -0.115. The minimum atomic E-state index is -0.532. The van der Waals surface area contributed by atoms with Crippen molar-refractivity contribution in [1.29, 1.82) is 0 Å². The molecule has 3 aromatic rings. The number of nitrogens with zero attached hydrogens (tertiary/aromatic N) is 2. The quantitative estimate of drug-likeness (QED) is 0.361. The van der Waals surface area contributed by atoms with Crippen molar-refractivity contribution in [2.45, 2.75) is 45.6 Å². The number of nitrogens with one attached hydrogen (secondary N) is 3. The van der Waals surface area contributed by atoms with Crippen LogP contribution in [0.4, 0.5) is 22.1 Å². The number of anilines is 3. The van der Waals surface area contributed by atoms with Crippen molar-refractivity contribution in [2.75, 3.05) is 31.4 Å². The van der Waals surface area contributed by atoms with Gasteiger partial charge in [0, 0.05) is 35.6 Å². The van der Waals surface area contributed by atoms with Crippen molar-refractivity contribution >= 4 is 29.3 Å². The molecule has 0 aliphatic carbocycles. The monoisotopic (exact) mass is 519 g/mol. The Balaban J connectivity index is 1.50. The molecular weight excluding hydrogens is 486 g/mol. The first-order valence-corrected chi connectivity index (χ1v) is 12.4. The molecule has 1 aliphatic heterocycles. The summed E-state index contributed by atoms with van der Waals surface area (Å²) < 4.78 is 15.9. The normalized spacial score (nSPS) is 12.4. The smallest absolute Gasteiger partial charge is 0.407 e. The Morgan fingerprint density at radius 3 is 2.61 bits per heavy atom. The van der Waals surface area contributed by atoms with E-state index >= 15 is 0 Å². The molecule has 10 heteroatoms. The molecule has 0 radical (unpaired) electrons. The van der Waals surface area contributed by atoms with Crippen LogP contribution in [-0.4, -0.2) is 48.3 Å². The Morgan fingerprint density at radius 1 is 1.08 bits per heavy atom. The van der Waals surface area contributed by atoms with Gasteiger partial charge in [-0.2, -0.15) is 0 Å². The Kier molecular flexibility index (Phi) is 7.99. The average Bonchev–Trinajstić information content (AvgIpc) is 3.00. The fraction of sp³-hybridized carbons (Fsp3) is 0.357. The minimum Gasteiger partial charge on any atom is -0.493 e. The van der Waals surface area contributed by atoms with E-state index in [0.29, 0.717) is 35.4 Å². The van der Waals surface area contributed by atoms with Crippen LogP contribution >= 0.6 is 0 Å². The highest BCUT2D eigenvalue weighted by Gasteiger charge is 2.22. The van der Waals surface area contributed by atoms with Gasteiger partial charge in [0.2, 0.25) is 11.9 Å². The van der Waals surface area contributed by atoms with Gasteiger partial charge in [0.05, 0.1) is 32.0 Å². The zero-order valence-electron chi connectivity index (χ0n) is 22.3. The van der Waals surface area contributed by atoms with E-state index < -0.39 is 11.7 Å². The topological polar surface area (TPSA) is 124 Å². The summed E-state index contributed by atoms with van der Waals surface area (Å²) in [5.41, 5.74) is 4.19. The third-order valence-corrected chi connectivity index (χ3v) is 5.78. The molecule has 0 bridgehead atoms. The fourth-order valence-electron chi connectivity index (χ4n) is 4.09. The maximum atomic E-state index is 12.6. The first-order valence-electron chi connectivity index (χ1n) is 12.4. The number of aromatic nitrogens is 2. The van der Waals surface area contributed by atoms with E-state index in [1.54, 1.807) is 32.5 Å². The molecule has 0 unspecified atom stereocenters. The van der Waals surface area contributed by atoms with Crippen LogP contribution < -0.4 is 25.4 Å². The number of hydrogen-bond donors (Lipinski definition) is 3. The molecule has 2 amide bonds. The number of methoxy groups -OCH3 is 2. The molecular formula is C28H33N5O5. The van der Waals surface area contributed by atoms with Gasteiger partial charge in [0.1, 0.15) is 5.60 Å². The van der Waals surface area contributed by atoms with Crippen molar-refractivity contribution in [3.63, 3.8) is 0 Å². The molecule has 0 saturated carbocycles. The highest BCUT2D eigenvalue weighted by molar-refractivity contribution is 6.00. The standard InChI is InChI=1S/C28H33N5O5/c1-28(2,3)38-27(35)29-12-6-7-17-8-10-20-21(13-17)32-24(34)14-18-16-30-26(33-25(18)20)31-19-9-11-22(36-4)23(15-19)37-5/h8-11,13,15-16H,6-7,12,14H2,1-5H3,(H,29,35)(H,32,34)(H,30,31,33). The van der Waals surface area contributed by atoms with E-state index in [1.807, 2.05) is 45.0 Å². The second-order valence-corrected chi connectivity index (χ2v) is 9.90. The predicted octanol–water partition coefficient (Wildman–Crippen LogP) is 4.86. The number of carbonyl (C=O) groups is 2. The number of aryl methyl sites for hydroxylation is 1. The Labute approximate surface area is 222 Å². The Morgan fingerprint density at radius 2 is 1.87 bits per heavy atom. The van der Waals surface area contributed by atoms with Crippen molar-refractivity contribution in [2.24, 2.45) is 0 Å². The van der Waals surface area contributed by atoms with Crippen LogP contribution in [0.15, 0.2) is 42.6 Å². The van der Waals surface area contributed by atoms with E-state index in [4.69, 9.17) is 19.2 Å². The van der Waals surface area contributed by atoms with E-state index in [2.05, 4.69) is 20.9 Å². The van der Waals surface area contributed by atoms with Crippen LogP contribution in [0.25, 0.3) is 11.3 Å². The first kappa shape index (κ1) is 26.7. The van der Waals surface area contributed by atoms with Crippen LogP contribution in [0.1, 0.15) is 38.3 Å². The summed E-state index contributed by atoms with van der Waals surface area (Å²) in [6, 6.07) is 11.4. The van der Waals surface area contributed by atoms with Gasteiger partial charge in [-0.15, -0.1) is 0 Å². The maximum absolute atomic E-state index is 12.6. The predicted molar refractivity (Wildman–Crippen MR) is 145 cm³/mol. The van der Waals surface area contributed by atoms with Gasteiger partial charge in [-0.25, -0.2) is 14.8 Å². The van der Waals surface area contributed by atoms with Crippen LogP contribution in [-0.2, 0) is 22.4 Å². The van der Waals surface area contributed by atoms with Gasteiger partial charge in [0.15, 0.2) is 11.5 Å². The second kappa shape index (κ2) is 11.4. The van der Waals surface area contributed by atoms with E-state index in [1.165, 1.54) is 0 Å². The lowest BCUT2D eigenvalue weighted by Crippen LogP contribution is -2.33. The molecule has 1 aliphatic rings. The van der Waals surface area contributed by atoms with E-state index in [-0.39, 0.29) is 12.3 Å². The minimum absolute atomic E-state index is 0.127. The molecule has 4 rings (SSSR count). The van der Waals surface area contributed by atoms with Crippen molar-refractivity contribution < 1.29 is 23.8 Å². The number of hydrogen-bond acceptors (Lipinski definition) is 8. The number of benzene rings is 2. The summed E-state index contributed by atoms with van der Waals surface area (Å²) in [6.07, 6.45) is 2.87. The summed E-state index contributed by atoms with van der Waals surface area (Å²) in [6.45, 7) is 5.97. The fourth-order valence-corrected chi connectivity index (χ4v) is 4.09. The number of rotatable bonds is 8. The third kappa shape index (κ3) is 6.70. The maximum Gasteiger partial charge on any atom is 0.407 e. The zero-order valence-corrected chi connectivity index (χ0v) is 22.3.